The van der Waals surface area contributed by atoms with Gasteiger partial charge in [-0.15, -0.1) is 24.0 Å². The van der Waals surface area contributed by atoms with E-state index in [1.54, 1.807) is 43.3 Å². The minimum Gasteiger partial charge on any atom is -0.485 e. The van der Waals surface area contributed by atoms with Gasteiger partial charge in [0.15, 0.2) is 22.2 Å². The molecule has 4 unspecified atom stereocenters. The number of hydrogen-bond acceptors (Lipinski definition) is 9. The van der Waals surface area contributed by atoms with Crippen molar-refractivity contribution in [3.8, 4) is 11.5 Å². The molecule has 278 valence electrons. The van der Waals surface area contributed by atoms with Gasteiger partial charge in [0.25, 0.3) is 11.8 Å². The molecule has 0 saturated heterocycles. The predicted molar refractivity (Wildman–Crippen MR) is 219 cm³/mol. The van der Waals surface area contributed by atoms with Gasteiger partial charge in [0, 0.05) is 47.0 Å². The number of rotatable bonds is 2. The second-order valence-electron chi connectivity index (χ2n) is 12.5. The zero-order valence-corrected chi connectivity index (χ0v) is 35.0. The van der Waals surface area contributed by atoms with Crippen molar-refractivity contribution in [3.05, 3.63) is 128 Å². The van der Waals surface area contributed by atoms with Gasteiger partial charge in [0.05, 0.1) is 0 Å². The SMILES string of the molecule is CN1C(=O)C2(CC(c3cccc(F)c3)Oc3ccc(Br)cc32)N=C1N.CSC1=NC2(CC(c3cccc(F)c3)Oc3ccc(Br)cc32)C(=O)N1C.I.N. The van der Waals surface area contributed by atoms with Gasteiger partial charge in [0.1, 0.15) is 35.3 Å². The second kappa shape index (κ2) is 15.6. The second-order valence-corrected chi connectivity index (χ2v) is 15.1. The summed E-state index contributed by atoms with van der Waals surface area (Å²) < 4.78 is 41.2. The largest absolute Gasteiger partial charge is 0.485 e. The lowest BCUT2D eigenvalue weighted by Crippen LogP contribution is -2.43. The number of ether oxygens (including phenoxy) is 2. The molecule has 0 aromatic heterocycles. The molecule has 4 aromatic rings. The lowest BCUT2D eigenvalue weighted by molar-refractivity contribution is -0.133. The van der Waals surface area contributed by atoms with Gasteiger partial charge in [0.2, 0.25) is 0 Å². The van der Waals surface area contributed by atoms with Gasteiger partial charge in [-0.05, 0) is 78.0 Å². The number of amides is 2. The highest BCUT2D eigenvalue weighted by molar-refractivity contribution is 14.0. The first-order valence-electron chi connectivity index (χ1n) is 15.8. The van der Waals surface area contributed by atoms with E-state index in [1.165, 1.54) is 40.9 Å². The third-order valence-electron chi connectivity index (χ3n) is 9.44. The summed E-state index contributed by atoms with van der Waals surface area (Å²) in [5, 5.41) is 0.667. The molecule has 0 aliphatic carbocycles. The Morgan fingerprint density at radius 2 is 1.21 bits per heavy atom. The molecule has 4 aliphatic heterocycles. The number of thioether (sulfide) groups is 1. The van der Waals surface area contributed by atoms with Crippen molar-refractivity contribution in [1.82, 2.24) is 16.0 Å². The van der Waals surface area contributed by atoms with Crippen LogP contribution < -0.4 is 21.4 Å². The van der Waals surface area contributed by atoms with Crippen LogP contribution in [0.25, 0.3) is 0 Å². The Hall–Kier alpha value is -3.58. The third-order valence-corrected chi connectivity index (χ3v) is 11.2. The van der Waals surface area contributed by atoms with Crippen LogP contribution in [-0.4, -0.2) is 53.1 Å². The summed E-state index contributed by atoms with van der Waals surface area (Å²) >= 11 is 8.34. The number of likely N-dealkylation sites (N-methyl/N-ethyl adjacent to an activating group) is 2. The summed E-state index contributed by atoms with van der Waals surface area (Å²) in [6.45, 7) is 0. The molecular weight excluding hydrogens is 949 g/mol. The molecule has 0 fully saturated rings. The van der Waals surface area contributed by atoms with Gasteiger partial charge < -0.3 is 21.4 Å². The molecule has 2 amide bonds. The van der Waals surface area contributed by atoms with Crippen LogP contribution >= 0.6 is 67.6 Å². The number of hydrogen-bond donors (Lipinski definition) is 2. The molecule has 4 heterocycles. The third kappa shape index (κ3) is 7.20. The van der Waals surface area contributed by atoms with E-state index in [1.807, 2.05) is 42.7 Å². The quantitative estimate of drug-likeness (QED) is 0.192. The lowest BCUT2D eigenvalue weighted by Gasteiger charge is -2.37. The molecule has 5 N–H and O–H groups in total. The normalized spacial score (nSPS) is 23.8. The highest BCUT2D eigenvalue weighted by Gasteiger charge is 2.55. The summed E-state index contributed by atoms with van der Waals surface area (Å²) in [5.74, 6) is 0.320. The molecule has 8 rings (SSSR count). The van der Waals surface area contributed by atoms with Crippen LogP contribution in [0.5, 0.6) is 11.5 Å². The van der Waals surface area contributed by atoms with Crippen molar-refractivity contribution < 1.29 is 27.8 Å². The molecule has 0 bridgehead atoms. The van der Waals surface area contributed by atoms with Crippen molar-refractivity contribution in [2.45, 2.75) is 36.1 Å². The van der Waals surface area contributed by atoms with E-state index in [0.29, 0.717) is 39.8 Å². The average molecular weight is 985 g/mol. The number of nitrogens with two attached hydrogens (primary N) is 1. The first-order chi connectivity index (χ1) is 24.3. The van der Waals surface area contributed by atoms with Crippen LogP contribution in [0.15, 0.2) is 104 Å². The molecule has 4 aliphatic rings. The summed E-state index contributed by atoms with van der Waals surface area (Å²) in [5.41, 5.74) is 6.45. The molecule has 10 nitrogen and oxygen atoms in total. The van der Waals surface area contributed by atoms with E-state index in [2.05, 4.69) is 36.9 Å². The monoisotopic (exact) mass is 982 g/mol. The molecule has 16 heteroatoms. The summed E-state index contributed by atoms with van der Waals surface area (Å²) in [4.78, 5) is 38.5. The number of halogens is 5. The van der Waals surface area contributed by atoms with Crippen LogP contribution in [0.2, 0.25) is 0 Å². The van der Waals surface area contributed by atoms with Crippen molar-refractivity contribution in [3.63, 3.8) is 0 Å². The van der Waals surface area contributed by atoms with E-state index >= 15 is 0 Å². The van der Waals surface area contributed by atoms with E-state index in [9.17, 15) is 18.4 Å². The smallest absolute Gasteiger partial charge is 0.261 e. The van der Waals surface area contributed by atoms with Crippen molar-refractivity contribution in [2.75, 3.05) is 20.4 Å². The molecule has 0 saturated carbocycles. The van der Waals surface area contributed by atoms with Crippen LogP contribution in [0.4, 0.5) is 8.78 Å². The van der Waals surface area contributed by atoms with Crippen LogP contribution in [0.3, 0.4) is 0 Å². The fourth-order valence-electron chi connectivity index (χ4n) is 6.94. The topological polar surface area (TPSA) is 145 Å². The van der Waals surface area contributed by atoms with Crippen LogP contribution in [0, 0.1) is 11.6 Å². The first-order valence-corrected chi connectivity index (χ1v) is 18.7. The van der Waals surface area contributed by atoms with Crippen LogP contribution in [-0.2, 0) is 20.7 Å². The van der Waals surface area contributed by atoms with E-state index in [0.717, 1.165) is 14.5 Å². The highest BCUT2D eigenvalue weighted by Crippen LogP contribution is 2.52. The zero-order valence-electron chi connectivity index (χ0n) is 28.7. The van der Waals surface area contributed by atoms with E-state index < -0.39 is 23.3 Å². The van der Waals surface area contributed by atoms with Crippen LogP contribution in [0.1, 0.15) is 47.3 Å². The number of aliphatic imine (C=N–C) groups is 2. The van der Waals surface area contributed by atoms with E-state index in [4.69, 9.17) is 20.2 Å². The zero-order chi connectivity index (χ0) is 36.2. The van der Waals surface area contributed by atoms with Gasteiger partial charge >= 0.3 is 0 Å². The number of fused-ring (bicyclic) bond motifs is 4. The summed E-state index contributed by atoms with van der Waals surface area (Å²) in [6, 6.07) is 23.5. The maximum absolute atomic E-state index is 13.7. The summed E-state index contributed by atoms with van der Waals surface area (Å²) in [6.07, 6.45) is 1.52. The predicted octanol–water partition coefficient (Wildman–Crippen LogP) is 8.37. The van der Waals surface area contributed by atoms with Crippen molar-refractivity contribution in [2.24, 2.45) is 15.7 Å². The average Bonchev–Trinajstić information content (AvgIpc) is 3.48. The highest BCUT2D eigenvalue weighted by atomic mass is 127. The molecule has 4 aromatic carbocycles. The van der Waals surface area contributed by atoms with Gasteiger partial charge in [-0.25, -0.2) is 18.8 Å². The number of guanidine groups is 1. The number of carbonyl (C=O) groups is 2. The van der Waals surface area contributed by atoms with Crippen molar-refractivity contribution in [1.29, 1.82) is 0 Å². The molecule has 4 atom stereocenters. The van der Waals surface area contributed by atoms with Gasteiger partial charge in [-0.3, -0.25) is 19.4 Å². The first kappa shape index (κ1) is 40.6. The number of benzene rings is 4. The minimum absolute atomic E-state index is 0. The maximum atomic E-state index is 13.7. The maximum Gasteiger partial charge on any atom is 0.261 e. The van der Waals surface area contributed by atoms with E-state index in [-0.39, 0.29) is 66.0 Å². The standard InChI is InChI=1S/C19H16BrFN2O2S.C18H15BrFN3O2.HI.H3N/c1-23-17(24)19(22-18(23)26-2)10-16(11-4-3-5-13(21)8-11)25-15-7-6-12(20)9-14(15)19;1-23-16(24)18(22-17(23)21)9-15(10-3-2-4-12(20)7-10)25-14-6-5-11(19)8-13(14)18;;/h3-9,16H,10H2,1-2H3;2-8,15H,9H2,1H3,(H2,21,22);1H;1H3. The molecule has 53 heavy (non-hydrogen) atoms. The number of amidine groups is 1. The molecular formula is C37H35Br2F2IN6O4S. The Balaban J connectivity index is 0.000000197. The number of nitrogens with zero attached hydrogens (tertiary/aromatic N) is 4. The fraction of sp³-hybridized carbons (Fsp3) is 0.243. The minimum atomic E-state index is -1.16. The summed E-state index contributed by atoms with van der Waals surface area (Å²) in [7, 11) is 3.33. The molecule has 2 spiro atoms. The van der Waals surface area contributed by atoms with Gasteiger partial charge in [-0.1, -0.05) is 67.9 Å². The van der Waals surface area contributed by atoms with Crippen molar-refractivity contribution >= 4 is 90.5 Å². The Bertz CT molecular complexity index is 2160. The Kier molecular flexibility index (Phi) is 12.0. The molecule has 0 radical (unpaired) electrons. The van der Waals surface area contributed by atoms with Gasteiger partial charge in [-0.2, -0.15) is 0 Å². The number of carbonyl (C=O) groups excluding carboxylic acids is 2. The fourth-order valence-corrected chi connectivity index (χ4v) is 8.26. The lowest BCUT2D eigenvalue weighted by atomic mass is 9.80. The Morgan fingerprint density at radius 1 is 0.755 bits per heavy atom. The Labute approximate surface area is 343 Å². The Morgan fingerprint density at radius 3 is 1.60 bits per heavy atom.